The Balaban J connectivity index is 1.91. The number of aryl methyl sites for hydroxylation is 1. The fourth-order valence-corrected chi connectivity index (χ4v) is 3.74. The molecule has 0 saturated carbocycles. The number of allylic oxidation sites excluding steroid dienone is 2. The van der Waals surface area contributed by atoms with E-state index in [2.05, 4.69) is 18.1 Å². The maximum Gasteiger partial charge on any atom is 0.282 e. The predicted octanol–water partition coefficient (Wildman–Crippen LogP) is 3.63. The lowest BCUT2D eigenvalue weighted by Crippen LogP contribution is -2.14. The Morgan fingerprint density at radius 2 is 1.91 bits per heavy atom. The van der Waals surface area contributed by atoms with Crippen molar-refractivity contribution in [1.29, 1.82) is 0 Å². The van der Waals surface area contributed by atoms with E-state index >= 15 is 0 Å². The molecule has 1 aromatic heterocycles. The van der Waals surface area contributed by atoms with Crippen LogP contribution in [0.5, 0.6) is 0 Å². The minimum atomic E-state index is -3.61. The quantitative estimate of drug-likeness (QED) is 0.869. The number of aromatic nitrogens is 2. The molecule has 0 radical (unpaired) electrons. The zero-order valence-corrected chi connectivity index (χ0v) is 13.7. The van der Waals surface area contributed by atoms with Gasteiger partial charge >= 0.3 is 0 Å². The summed E-state index contributed by atoms with van der Waals surface area (Å²) in [4.78, 5) is 0.263. The normalized spacial score (nSPS) is 19.0. The number of nitrogens with zero attached hydrogens (tertiary/aromatic N) is 2. The van der Waals surface area contributed by atoms with E-state index in [1.807, 2.05) is 6.92 Å². The number of hydrogen-bond acceptors (Lipinski definition) is 3. The summed E-state index contributed by atoms with van der Waals surface area (Å²) in [6.07, 6.45) is 6.84. The van der Waals surface area contributed by atoms with Gasteiger partial charge in [-0.05, 0) is 55.9 Å². The van der Waals surface area contributed by atoms with Crippen LogP contribution in [0, 0.1) is 12.8 Å². The van der Waals surface area contributed by atoms with Crippen LogP contribution in [-0.2, 0) is 10.0 Å². The highest BCUT2D eigenvalue weighted by Crippen LogP contribution is 2.29. The van der Waals surface area contributed by atoms with E-state index < -0.39 is 10.0 Å². The van der Waals surface area contributed by atoms with E-state index in [1.54, 1.807) is 30.3 Å². The van der Waals surface area contributed by atoms with Crippen molar-refractivity contribution in [3.63, 3.8) is 0 Å². The lowest BCUT2D eigenvalue weighted by Gasteiger charge is -2.16. The summed E-state index contributed by atoms with van der Waals surface area (Å²) in [7, 11) is -3.61. The molecule has 1 aliphatic carbocycles. The van der Waals surface area contributed by atoms with Crippen molar-refractivity contribution in [1.82, 2.24) is 9.19 Å². The first-order valence-electron chi connectivity index (χ1n) is 7.54. The Hall–Kier alpha value is -1.88. The standard InChI is InChI=1S/C17H20N2O2S/c1-13-3-7-15(8-4-13)17-11-12-19(18-17)22(20,21)16-9-5-14(2)6-10-16/h5-7,9-13H,3-4,8H2,1-2H3. The number of benzene rings is 1. The molecule has 0 N–H and O–H groups in total. The molecule has 1 unspecified atom stereocenters. The lowest BCUT2D eigenvalue weighted by molar-refractivity contribution is 0.533. The highest BCUT2D eigenvalue weighted by molar-refractivity contribution is 7.89. The SMILES string of the molecule is Cc1ccc(S(=O)(=O)n2ccc(C3=CCC(C)CC3)n2)cc1. The Labute approximate surface area is 131 Å². The molecule has 0 saturated heterocycles. The van der Waals surface area contributed by atoms with E-state index in [1.165, 1.54) is 6.20 Å². The molecule has 0 spiro atoms. The first kappa shape index (κ1) is 15.0. The third kappa shape index (κ3) is 2.86. The van der Waals surface area contributed by atoms with Gasteiger partial charge in [-0.1, -0.05) is 30.7 Å². The van der Waals surface area contributed by atoms with Crippen molar-refractivity contribution in [2.75, 3.05) is 0 Å². The molecule has 2 aromatic rings. The molecule has 116 valence electrons. The average molecular weight is 316 g/mol. The fourth-order valence-electron chi connectivity index (χ4n) is 2.63. The summed E-state index contributed by atoms with van der Waals surface area (Å²) < 4.78 is 26.2. The van der Waals surface area contributed by atoms with Crippen molar-refractivity contribution in [2.24, 2.45) is 5.92 Å². The van der Waals surface area contributed by atoms with Crippen molar-refractivity contribution >= 4 is 15.6 Å². The Morgan fingerprint density at radius 3 is 2.55 bits per heavy atom. The van der Waals surface area contributed by atoms with Crippen LogP contribution in [0.3, 0.4) is 0 Å². The van der Waals surface area contributed by atoms with E-state index in [0.29, 0.717) is 5.92 Å². The van der Waals surface area contributed by atoms with Crippen LogP contribution in [0.15, 0.2) is 47.5 Å². The molecule has 0 amide bonds. The second kappa shape index (κ2) is 5.72. The number of rotatable bonds is 3. The van der Waals surface area contributed by atoms with Gasteiger partial charge in [0.05, 0.1) is 10.6 Å². The maximum atomic E-state index is 12.6. The molecule has 0 aliphatic heterocycles. The molecule has 1 heterocycles. The Bertz CT molecular complexity index is 801. The topological polar surface area (TPSA) is 52.0 Å². The minimum absolute atomic E-state index is 0.263. The lowest BCUT2D eigenvalue weighted by atomic mass is 9.90. The van der Waals surface area contributed by atoms with Gasteiger partial charge in [0.2, 0.25) is 0 Å². The molecule has 3 rings (SSSR count). The van der Waals surface area contributed by atoms with Crippen molar-refractivity contribution < 1.29 is 8.42 Å². The van der Waals surface area contributed by atoms with Crippen LogP contribution in [0.25, 0.3) is 5.57 Å². The minimum Gasteiger partial charge on any atom is -0.199 e. The number of hydrogen-bond donors (Lipinski definition) is 0. The summed E-state index contributed by atoms with van der Waals surface area (Å²) in [5.74, 6) is 0.696. The van der Waals surface area contributed by atoms with E-state index in [0.717, 1.165) is 40.2 Å². The smallest absolute Gasteiger partial charge is 0.199 e. The third-order valence-electron chi connectivity index (χ3n) is 4.13. The molecule has 0 bridgehead atoms. The van der Waals surface area contributed by atoms with Crippen LogP contribution in [0.1, 0.15) is 37.4 Å². The van der Waals surface area contributed by atoms with Crippen LogP contribution in [0.4, 0.5) is 0 Å². The van der Waals surface area contributed by atoms with Gasteiger partial charge in [0.1, 0.15) is 0 Å². The van der Waals surface area contributed by atoms with Gasteiger partial charge in [-0.3, -0.25) is 0 Å². The van der Waals surface area contributed by atoms with Crippen LogP contribution >= 0.6 is 0 Å². The third-order valence-corrected chi connectivity index (χ3v) is 5.70. The van der Waals surface area contributed by atoms with Crippen LogP contribution < -0.4 is 0 Å². The van der Waals surface area contributed by atoms with E-state index in [-0.39, 0.29) is 4.90 Å². The highest BCUT2D eigenvalue weighted by atomic mass is 32.2. The van der Waals surface area contributed by atoms with Gasteiger partial charge in [0.25, 0.3) is 10.0 Å². The highest BCUT2D eigenvalue weighted by Gasteiger charge is 2.20. The van der Waals surface area contributed by atoms with Gasteiger partial charge in [-0.2, -0.15) is 17.6 Å². The van der Waals surface area contributed by atoms with E-state index in [9.17, 15) is 8.42 Å². The first-order valence-corrected chi connectivity index (χ1v) is 8.98. The summed E-state index contributed by atoms with van der Waals surface area (Å²) >= 11 is 0. The zero-order valence-electron chi connectivity index (χ0n) is 12.9. The fraction of sp³-hybridized carbons (Fsp3) is 0.353. The molecule has 4 nitrogen and oxygen atoms in total. The summed E-state index contributed by atoms with van der Waals surface area (Å²) in [6, 6.07) is 8.61. The zero-order chi connectivity index (χ0) is 15.7. The second-order valence-electron chi connectivity index (χ2n) is 6.00. The summed E-state index contributed by atoms with van der Waals surface area (Å²) in [5, 5.41) is 4.29. The molecule has 22 heavy (non-hydrogen) atoms. The maximum absolute atomic E-state index is 12.6. The van der Waals surface area contributed by atoms with Crippen LogP contribution in [-0.4, -0.2) is 17.6 Å². The summed E-state index contributed by atoms with van der Waals surface area (Å²) in [6.45, 7) is 4.16. The van der Waals surface area contributed by atoms with Gasteiger partial charge in [-0.25, -0.2) is 0 Å². The first-order chi connectivity index (χ1) is 10.5. The second-order valence-corrected chi connectivity index (χ2v) is 7.80. The molecule has 0 fully saturated rings. The van der Waals surface area contributed by atoms with Crippen molar-refractivity contribution in [2.45, 2.75) is 38.0 Å². The van der Waals surface area contributed by atoms with Gasteiger partial charge < -0.3 is 0 Å². The van der Waals surface area contributed by atoms with E-state index in [4.69, 9.17) is 0 Å². The summed E-state index contributed by atoms with van der Waals surface area (Å²) in [5.41, 5.74) is 2.94. The monoisotopic (exact) mass is 316 g/mol. The van der Waals surface area contributed by atoms with Gasteiger partial charge in [0, 0.05) is 6.20 Å². The molecular formula is C17H20N2O2S. The molecule has 1 aliphatic rings. The van der Waals surface area contributed by atoms with Crippen molar-refractivity contribution in [3.8, 4) is 0 Å². The van der Waals surface area contributed by atoms with Crippen LogP contribution in [0.2, 0.25) is 0 Å². The Morgan fingerprint density at radius 1 is 1.18 bits per heavy atom. The largest absolute Gasteiger partial charge is 0.282 e. The molecule has 5 heteroatoms. The molecule has 1 atom stereocenters. The molecule has 1 aromatic carbocycles. The van der Waals surface area contributed by atoms with Gasteiger partial charge in [0.15, 0.2) is 0 Å². The van der Waals surface area contributed by atoms with Crippen molar-refractivity contribution in [3.05, 3.63) is 53.9 Å². The molecular weight excluding hydrogens is 296 g/mol. The van der Waals surface area contributed by atoms with Gasteiger partial charge in [-0.15, -0.1) is 0 Å². The Kier molecular flexibility index (Phi) is 3.91. The predicted molar refractivity (Wildman–Crippen MR) is 87.0 cm³/mol. The average Bonchev–Trinajstić information content (AvgIpc) is 2.99.